The minimum Gasteiger partial charge on any atom is -0.379 e. The Morgan fingerprint density at radius 2 is 2.12 bits per heavy atom. The third-order valence-corrected chi connectivity index (χ3v) is 6.67. The van der Waals surface area contributed by atoms with Crippen LogP contribution in [-0.2, 0) is 24.1 Å². The Hall–Kier alpha value is -1.02. The SMILES string of the molecule is C[C@@H]1CCc2c(sc3[nH]c(=S)n(CCN4CCOCC4)c(=O)c23)C1. The summed E-state index contributed by atoms with van der Waals surface area (Å²) in [6.45, 7) is 7.18. The number of rotatable bonds is 3. The van der Waals surface area contributed by atoms with E-state index < -0.39 is 0 Å². The normalized spacial score (nSPS) is 22.0. The number of nitrogens with one attached hydrogen (secondary N) is 1. The molecule has 0 unspecified atom stereocenters. The first-order chi connectivity index (χ1) is 11.6. The highest BCUT2D eigenvalue weighted by Crippen LogP contribution is 2.35. The minimum absolute atomic E-state index is 0.0917. The maximum absolute atomic E-state index is 13.1. The van der Waals surface area contributed by atoms with Gasteiger partial charge >= 0.3 is 0 Å². The second-order valence-electron chi connectivity index (χ2n) is 6.90. The molecule has 0 amide bonds. The molecular weight excluding hydrogens is 342 g/mol. The highest BCUT2D eigenvalue weighted by molar-refractivity contribution is 7.71. The van der Waals surface area contributed by atoms with Crippen LogP contribution in [0.2, 0.25) is 0 Å². The van der Waals surface area contributed by atoms with Gasteiger partial charge in [-0.05, 0) is 43.0 Å². The monoisotopic (exact) mass is 365 g/mol. The number of thiophene rings is 1. The summed E-state index contributed by atoms with van der Waals surface area (Å²) in [4.78, 5) is 21.1. The van der Waals surface area contributed by atoms with Crippen molar-refractivity contribution in [2.45, 2.75) is 32.7 Å². The molecule has 1 aliphatic heterocycles. The molecule has 0 radical (unpaired) electrons. The number of fused-ring (bicyclic) bond motifs is 3. The number of aryl methyl sites for hydroxylation is 1. The Balaban J connectivity index is 1.68. The van der Waals surface area contributed by atoms with Crippen molar-refractivity contribution in [3.05, 3.63) is 25.6 Å². The lowest BCUT2D eigenvalue weighted by Gasteiger charge is -2.26. The van der Waals surface area contributed by atoms with Gasteiger partial charge in [-0.2, -0.15) is 0 Å². The van der Waals surface area contributed by atoms with Crippen molar-refractivity contribution in [3.63, 3.8) is 0 Å². The van der Waals surface area contributed by atoms with Crippen LogP contribution in [0.4, 0.5) is 0 Å². The highest BCUT2D eigenvalue weighted by atomic mass is 32.1. The van der Waals surface area contributed by atoms with E-state index in [2.05, 4.69) is 16.8 Å². The summed E-state index contributed by atoms with van der Waals surface area (Å²) in [6.07, 6.45) is 3.27. The molecule has 0 aromatic carbocycles. The summed E-state index contributed by atoms with van der Waals surface area (Å²) in [5, 5.41) is 0.887. The standard InChI is InChI=1S/C17H23N3O2S2/c1-11-2-3-12-13(10-11)24-15-14(12)16(21)20(17(23)18-15)5-4-19-6-8-22-9-7-19/h11H,2-10H2,1H3,(H,18,23)/t11-/m1/s1. The van der Waals surface area contributed by atoms with Crippen molar-refractivity contribution < 1.29 is 4.74 Å². The van der Waals surface area contributed by atoms with Gasteiger partial charge in [0.05, 0.1) is 18.6 Å². The predicted octanol–water partition coefficient (Wildman–Crippen LogP) is 2.58. The van der Waals surface area contributed by atoms with Crippen LogP contribution in [0.25, 0.3) is 10.2 Å². The zero-order chi connectivity index (χ0) is 16.7. The van der Waals surface area contributed by atoms with Crippen molar-refractivity contribution in [2.75, 3.05) is 32.8 Å². The van der Waals surface area contributed by atoms with E-state index in [4.69, 9.17) is 17.0 Å². The third kappa shape index (κ3) is 2.98. The fourth-order valence-electron chi connectivity index (χ4n) is 3.73. The van der Waals surface area contributed by atoms with Crippen molar-refractivity contribution in [1.82, 2.24) is 14.5 Å². The van der Waals surface area contributed by atoms with Gasteiger partial charge in [-0.1, -0.05) is 6.92 Å². The number of aromatic nitrogens is 2. The second-order valence-corrected chi connectivity index (χ2v) is 8.39. The van der Waals surface area contributed by atoms with Crippen LogP contribution >= 0.6 is 23.6 Å². The maximum atomic E-state index is 13.1. The number of hydrogen-bond acceptors (Lipinski definition) is 5. The number of aromatic amines is 1. The van der Waals surface area contributed by atoms with E-state index in [0.717, 1.165) is 55.9 Å². The van der Waals surface area contributed by atoms with Crippen LogP contribution in [-0.4, -0.2) is 47.3 Å². The molecule has 2 aromatic heterocycles. The maximum Gasteiger partial charge on any atom is 0.263 e. The van der Waals surface area contributed by atoms with Gasteiger partial charge in [-0.15, -0.1) is 11.3 Å². The topological polar surface area (TPSA) is 50.3 Å². The van der Waals surface area contributed by atoms with E-state index in [1.54, 1.807) is 15.9 Å². The molecule has 0 saturated carbocycles. The van der Waals surface area contributed by atoms with Gasteiger partial charge in [0.15, 0.2) is 4.77 Å². The van der Waals surface area contributed by atoms with Gasteiger partial charge < -0.3 is 9.72 Å². The van der Waals surface area contributed by atoms with E-state index in [9.17, 15) is 4.79 Å². The molecule has 1 fully saturated rings. The van der Waals surface area contributed by atoms with Crippen LogP contribution < -0.4 is 5.56 Å². The van der Waals surface area contributed by atoms with Gasteiger partial charge in [0, 0.05) is 31.1 Å². The first-order valence-electron chi connectivity index (χ1n) is 8.71. The van der Waals surface area contributed by atoms with Crippen molar-refractivity contribution in [2.24, 2.45) is 5.92 Å². The summed E-state index contributed by atoms with van der Waals surface area (Å²) in [5.41, 5.74) is 1.36. The lowest BCUT2D eigenvalue weighted by molar-refractivity contribution is 0.0362. The van der Waals surface area contributed by atoms with Gasteiger partial charge in [-0.25, -0.2) is 0 Å². The van der Waals surface area contributed by atoms with E-state index in [1.807, 2.05) is 0 Å². The number of hydrogen-bond donors (Lipinski definition) is 1. The molecule has 2 aromatic rings. The predicted molar refractivity (Wildman–Crippen MR) is 99.7 cm³/mol. The molecule has 0 bridgehead atoms. The molecule has 1 saturated heterocycles. The van der Waals surface area contributed by atoms with E-state index in [0.29, 0.717) is 17.2 Å². The average molecular weight is 366 g/mol. The molecule has 24 heavy (non-hydrogen) atoms. The third-order valence-electron chi connectivity index (χ3n) is 5.18. The molecule has 1 atom stereocenters. The summed E-state index contributed by atoms with van der Waals surface area (Å²) in [7, 11) is 0. The Bertz CT molecular complexity index is 861. The highest BCUT2D eigenvalue weighted by Gasteiger charge is 2.23. The van der Waals surface area contributed by atoms with Gasteiger partial charge in [0.1, 0.15) is 4.83 Å². The zero-order valence-electron chi connectivity index (χ0n) is 14.0. The molecule has 1 aliphatic carbocycles. The van der Waals surface area contributed by atoms with E-state index in [-0.39, 0.29) is 5.56 Å². The van der Waals surface area contributed by atoms with E-state index in [1.165, 1.54) is 16.9 Å². The Labute approximate surface area is 150 Å². The molecule has 0 spiro atoms. The lowest BCUT2D eigenvalue weighted by atomic mass is 9.89. The fourth-order valence-corrected chi connectivity index (χ4v) is 5.47. The van der Waals surface area contributed by atoms with E-state index >= 15 is 0 Å². The molecule has 2 aliphatic rings. The molecule has 130 valence electrons. The first-order valence-corrected chi connectivity index (χ1v) is 9.93. The van der Waals surface area contributed by atoms with Crippen molar-refractivity contribution in [3.8, 4) is 0 Å². The molecule has 3 heterocycles. The van der Waals surface area contributed by atoms with Gasteiger partial charge in [0.2, 0.25) is 0 Å². The first kappa shape index (κ1) is 16.4. The summed E-state index contributed by atoms with van der Waals surface area (Å²) in [5.74, 6) is 0.706. The summed E-state index contributed by atoms with van der Waals surface area (Å²) in [6, 6.07) is 0. The van der Waals surface area contributed by atoms with Crippen LogP contribution in [0.1, 0.15) is 23.8 Å². The zero-order valence-corrected chi connectivity index (χ0v) is 15.6. The van der Waals surface area contributed by atoms with Crippen LogP contribution in [0.3, 0.4) is 0 Å². The largest absolute Gasteiger partial charge is 0.379 e. The summed E-state index contributed by atoms with van der Waals surface area (Å²) >= 11 is 7.19. The Morgan fingerprint density at radius 3 is 2.92 bits per heavy atom. The number of nitrogens with zero attached hydrogens (tertiary/aromatic N) is 2. The van der Waals surface area contributed by atoms with Crippen molar-refractivity contribution >= 4 is 33.8 Å². The second kappa shape index (κ2) is 6.71. The summed E-state index contributed by atoms with van der Waals surface area (Å²) < 4.78 is 7.68. The number of H-pyrrole nitrogens is 1. The molecule has 5 nitrogen and oxygen atoms in total. The van der Waals surface area contributed by atoms with Crippen LogP contribution in [0.5, 0.6) is 0 Å². The minimum atomic E-state index is 0.0917. The smallest absolute Gasteiger partial charge is 0.263 e. The Kier molecular flexibility index (Phi) is 4.60. The van der Waals surface area contributed by atoms with Crippen LogP contribution in [0, 0.1) is 10.7 Å². The molecular formula is C17H23N3O2S2. The lowest BCUT2D eigenvalue weighted by Crippen LogP contribution is -2.39. The molecule has 1 N–H and O–H groups in total. The molecule has 7 heteroatoms. The van der Waals surface area contributed by atoms with Gasteiger partial charge in [-0.3, -0.25) is 14.3 Å². The number of ether oxygens (including phenoxy) is 1. The fraction of sp³-hybridized carbons (Fsp3) is 0.647. The van der Waals surface area contributed by atoms with Crippen LogP contribution in [0.15, 0.2) is 4.79 Å². The van der Waals surface area contributed by atoms with Gasteiger partial charge in [0.25, 0.3) is 5.56 Å². The average Bonchev–Trinajstić information content (AvgIpc) is 2.92. The number of morpholine rings is 1. The quantitative estimate of drug-likeness (QED) is 0.850. The van der Waals surface area contributed by atoms with Crippen molar-refractivity contribution in [1.29, 1.82) is 0 Å². The Morgan fingerprint density at radius 1 is 1.33 bits per heavy atom. The molecule has 4 rings (SSSR count).